The van der Waals surface area contributed by atoms with Crippen molar-refractivity contribution in [1.82, 2.24) is 0 Å². The number of hydrogen-bond donors (Lipinski definition) is 1. The minimum absolute atomic E-state index is 0.0816. The largest absolute Gasteiger partial charge is 0.481 e. The molecule has 6 nitrogen and oxygen atoms in total. The molecule has 0 aliphatic rings. The van der Waals surface area contributed by atoms with Crippen LogP contribution < -0.4 is 0 Å². The number of aliphatic carboxylic acids is 1. The second kappa shape index (κ2) is 10.4. The van der Waals surface area contributed by atoms with Gasteiger partial charge in [0.2, 0.25) is 0 Å². The Kier molecular flexibility index (Phi) is 10.8. The summed E-state index contributed by atoms with van der Waals surface area (Å²) in [7, 11) is 1.27. The van der Waals surface area contributed by atoms with Crippen LogP contribution in [0, 0.1) is 5.92 Å². The second-order valence-corrected chi connectivity index (χ2v) is 3.52. The molecule has 1 atom stereocenters. The van der Waals surface area contributed by atoms with Crippen LogP contribution in [0.15, 0.2) is 0 Å². The van der Waals surface area contributed by atoms with Crippen LogP contribution in [0.4, 0.5) is 0 Å². The highest BCUT2D eigenvalue weighted by Crippen LogP contribution is 1.98. The minimum atomic E-state index is -1.04. The van der Waals surface area contributed by atoms with E-state index in [0.717, 1.165) is 0 Å². The number of carboxylic acids is 1. The lowest BCUT2D eigenvalue weighted by atomic mass is 10.1. The normalized spacial score (nSPS) is 10.7. The minimum Gasteiger partial charge on any atom is -0.481 e. The van der Waals surface area contributed by atoms with Crippen molar-refractivity contribution in [3.8, 4) is 0 Å². The summed E-state index contributed by atoms with van der Waals surface area (Å²) in [5.74, 6) is -2.64. The van der Waals surface area contributed by atoms with E-state index in [0.29, 0.717) is 12.8 Å². The van der Waals surface area contributed by atoms with Crippen molar-refractivity contribution in [2.75, 3.05) is 7.11 Å². The molecule has 0 aliphatic heterocycles. The summed E-state index contributed by atoms with van der Waals surface area (Å²) >= 11 is 0. The highest BCUT2D eigenvalue weighted by atomic mass is 16.5. The smallest absolute Gasteiger partial charge is 0.313 e. The van der Waals surface area contributed by atoms with Gasteiger partial charge in [-0.25, -0.2) is 0 Å². The molecule has 0 aliphatic carbocycles. The fourth-order valence-electron chi connectivity index (χ4n) is 0.802. The maximum Gasteiger partial charge on any atom is 0.313 e. The third-order valence-corrected chi connectivity index (χ3v) is 2.17. The zero-order chi connectivity index (χ0) is 14.7. The van der Waals surface area contributed by atoms with E-state index in [2.05, 4.69) is 4.74 Å². The van der Waals surface area contributed by atoms with Crippen molar-refractivity contribution in [1.29, 1.82) is 0 Å². The van der Waals surface area contributed by atoms with Gasteiger partial charge >= 0.3 is 11.9 Å². The molecule has 0 saturated heterocycles. The van der Waals surface area contributed by atoms with Gasteiger partial charge in [0.25, 0.3) is 0 Å². The first kappa shape index (κ1) is 18.6. The molecule has 0 aromatic rings. The lowest BCUT2D eigenvalue weighted by Crippen LogP contribution is -2.19. The highest BCUT2D eigenvalue weighted by Gasteiger charge is 2.17. The number of ketones is 2. The fourth-order valence-corrected chi connectivity index (χ4v) is 0.802. The molecule has 0 radical (unpaired) electrons. The van der Waals surface area contributed by atoms with E-state index in [1.54, 1.807) is 13.8 Å². The Morgan fingerprint density at radius 2 is 1.61 bits per heavy atom. The summed E-state index contributed by atoms with van der Waals surface area (Å²) in [4.78, 5) is 41.5. The van der Waals surface area contributed by atoms with Crippen LogP contribution in [0.2, 0.25) is 0 Å². The topological polar surface area (TPSA) is 97.7 Å². The number of carboxylic acid groups (broad SMARTS) is 1. The third kappa shape index (κ3) is 9.50. The Morgan fingerprint density at radius 1 is 1.11 bits per heavy atom. The summed E-state index contributed by atoms with van der Waals surface area (Å²) < 4.78 is 4.26. The van der Waals surface area contributed by atoms with Crippen LogP contribution in [-0.2, 0) is 23.9 Å². The number of Topliss-reactive ketones (excluding diaryl/α,β-unsaturated/α-hetero) is 2. The maximum atomic E-state index is 10.6. The lowest BCUT2D eigenvalue weighted by molar-refractivity contribution is -0.146. The average Bonchev–Trinajstić information content (AvgIpc) is 2.36. The number of hydrogen-bond acceptors (Lipinski definition) is 5. The molecule has 18 heavy (non-hydrogen) atoms. The zero-order valence-electron chi connectivity index (χ0n) is 11.2. The van der Waals surface area contributed by atoms with Crippen molar-refractivity contribution in [2.24, 2.45) is 5.92 Å². The Balaban J connectivity index is 0. The molecule has 0 aromatic carbocycles. The monoisotopic (exact) mass is 260 g/mol. The van der Waals surface area contributed by atoms with Crippen LogP contribution in [-0.4, -0.2) is 35.7 Å². The van der Waals surface area contributed by atoms with Gasteiger partial charge in [0.1, 0.15) is 23.9 Å². The molecule has 6 heteroatoms. The Morgan fingerprint density at radius 3 is 1.83 bits per heavy atom. The fraction of sp³-hybridized carbons (Fsp3) is 0.667. The molecule has 0 aromatic heterocycles. The van der Waals surface area contributed by atoms with Crippen molar-refractivity contribution in [3.05, 3.63) is 0 Å². The standard InChI is InChI=1S/2C6H10O3/c1-3-5(7)4-6(8)9-2;1-3-5(7)4(2)6(8)9/h3-4H2,1-2H3;4H,3H2,1-2H3,(H,8,9). The molecule has 0 fully saturated rings. The molecule has 0 bridgehead atoms. The van der Waals surface area contributed by atoms with Crippen molar-refractivity contribution >= 4 is 23.5 Å². The van der Waals surface area contributed by atoms with E-state index >= 15 is 0 Å². The van der Waals surface area contributed by atoms with Gasteiger partial charge in [-0.3, -0.25) is 19.2 Å². The Bertz CT molecular complexity index is 291. The van der Waals surface area contributed by atoms with Gasteiger partial charge in [0.05, 0.1) is 7.11 Å². The molecule has 104 valence electrons. The van der Waals surface area contributed by atoms with Gasteiger partial charge in [-0.2, -0.15) is 0 Å². The van der Waals surface area contributed by atoms with Crippen molar-refractivity contribution < 1.29 is 29.0 Å². The Labute approximate surface area is 106 Å². The van der Waals surface area contributed by atoms with Crippen molar-refractivity contribution in [2.45, 2.75) is 40.0 Å². The predicted molar refractivity (Wildman–Crippen MR) is 64.0 cm³/mol. The summed E-state index contributed by atoms with van der Waals surface area (Å²) in [5, 5.41) is 8.26. The lowest BCUT2D eigenvalue weighted by Gasteiger charge is -1.99. The summed E-state index contributed by atoms with van der Waals surface area (Å²) in [5.41, 5.74) is 0. The van der Waals surface area contributed by atoms with Gasteiger partial charge in [-0.15, -0.1) is 0 Å². The average molecular weight is 260 g/mol. The van der Waals surface area contributed by atoms with Gasteiger partial charge < -0.3 is 9.84 Å². The molecule has 1 N–H and O–H groups in total. The van der Waals surface area contributed by atoms with Crippen LogP contribution in [0.5, 0.6) is 0 Å². The number of carbonyl (C=O) groups is 4. The molecule has 0 spiro atoms. The zero-order valence-corrected chi connectivity index (χ0v) is 11.2. The first-order chi connectivity index (χ1) is 8.29. The van der Waals surface area contributed by atoms with E-state index in [1.165, 1.54) is 14.0 Å². The van der Waals surface area contributed by atoms with Gasteiger partial charge in [0, 0.05) is 12.8 Å². The van der Waals surface area contributed by atoms with Gasteiger partial charge in [-0.1, -0.05) is 13.8 Å². The van der Waals surface area contributed by atoms with E-state index in [-0.39, 0.29) is 18.0 Å². The molecule has 0 saturated carbocycles. The van der Waals surface area contributed by atoms with Crippen LogP contribution in [0.25, 0.3) is 0 Å². The number of carbonyl (C=O) groups excluding carboxylic acids is 3. The van der Waals surface area contributed by atoms with Gasteiger partial charge in [-0.05, 0) is 6.92 Å². The first-order valence-electron chi connectivity index (χ1n) is 5.64. The molecular weight excluding hydrogens is 240 g/mol. The second-order valence-electron chi connectivity index (χ2n) is 3.52. The predicted octanol–water partition coefficient (Wildman–Crippen LogP) is 1.21. The summed E-state index contributed by atoms with van der Waals surface area (Å²) in [6.45, 7) is 4.77. The Hall–Kier alpha value is -1.72. The maximum absolute atomic E-state index is 10.6. The molecule has 1 unspecified atom stereocenters. The summed E-state index contributed by atoms with van der Waals surface area (Å²) in [6.07, 6.45) is 0.607. The van der Waals surface area contributed by atoms with Crippen LogP contribution >= 0.6 is 0 Å². The molecule has 0 heterocycles. The quantitative estimate of drug-likeness (QED) is 0.569. The molecule has 0 rings (SSSR count). The molecule has 0 amide bonds. The van der Waals surface area contributed by atoms with Crippen LogP contribution in [0.1, 0.15) is 40.0 Å². The first-order valence-corrected chi connectivity index (χ1v) is 5.64. The van der Waals surface area contributed by atoms with Crippen molar-refractivity contribution in [3.63, 3.8) is 0 Å². The number of rotatable bonds is 6. The van der Waals surface area contributed by atoms with Crippen LogP contribution in [0.3, 0.4) is 0 Å². The number of methoxy groups -OCH3 is 1. The van der Waals surface area contributed by atoms with E-state index in [4.69, 9.17) is 5.11 Å². The van der Waals surface area contributed by atoms with Gasteiger partial charge in [0.15, 0.2) is 0 Å². The summed E-state index contributed by atoms with van der Waals surface area (Å²) in [6, 6.07) is 0. The highest BCUT2D eigenvalue weighted by molar-refractivity contribution is 5.97. The number of esters is 1. The van der Waals surface area contributed by atoms with E-state index < -0.39 is 17.9 Å². The SMILES string of the molecule is CCC(=O)C(C)C(=O)O.CCC(=O)CC(=O)OC. The van der Waals surface area contributed by atoms with E-state index in [1.807, 2.05) is 0 Å². The van der Waals surface area contributed by atoms with E-state index in [9.17, 15) is 19.2 Å². The number of ether oxygens (including phenoxy) is 1. The third-order valence-electron chi connectivity index (χ3n) is 2.17. The molecular formula is C12H20O6.